The van der Waals surface area contributed by atoms with Crippen LogP contribution in [0.2, 0.25) is 0 Å². The normalized spacial score (nSPS) is 18.2. The van der Waals surface area contributed by atoms with E-state index in [1.807, 2.05) is 0 Å². The number of rotatable bonds is 6. The molecule has 15 heavy (non-hydrogen) atoms. The molecule has 2 nitrogen and oxygen atoms in total. The second-order valence-electron chi connectivity index (χ2n) is 5.27. The minimum atomic E-state index is -0.000312. The molecule has 1 fully saturated rings. The van der Waals surface area contributed by atoms with Gasteiger partial charge in [-0.2, -0.15) is 0 Å². The highest BCUT2D eigenvalue weighted by molar-refractivity contribution is 9.09. The average molecular weight is 278 g/mol. The minimum Gasteiger partial charge on any atom is -0.375 e. The van der Waals surface area contributed by atoms with E-state index in [1.165, 1.54) is 19.3 Å². The van der Waals surface area contributed by atoms with Crippen LogP contribution >= 0.6 is 15.9 Å². The lowest BCUT2D eigenvalue weighted by Gasteiger charge is -2.37. The summed E-state index contributed by atoms with van der Waals surface area (Å²) in [5, 5.41) is 1.07. The molecule has 0 saturated heterocycles. The van der Waals surface area contributed by atoms with Crippen LogP contribution in [0, 0.1) is 0 Å². The van der Waals surface area contributed by atoms with Crippen molar-refractivity contribution in [1.82, 2.24) is 4.90 Å². The highest BCUT2D eigenvalue weighted by atomic mass is 79.9. The molecule has 0 bridgehead atoms. The van der Waals surface area contributed by atoms with Gasteiger partial charge in [-0.3, -0.25) is 4.90 Å². The Balaban J connectivity index is 2.19. The van der Waals surface area contributed by atoms with E-state index in [0.717, 1.165) is 31.1 Å². The molecular weight excluding hydrogens is 254 g/mol. The van der Waals surface area contributed by atoms with Gasteiger partial charge in [0.15, 0.2) is 0 Å². The van der Waals surface area contributed by atoms with Crippen molar-refractivity contribution in [2.24, 2.45) is 0 Å². The van der Waals surface area contributed by atoms with Crippen LogP contribution in [-0.4, -0.2) is 41.6 Å². The van der Waals surface area contributed by atoms with Crippen molar-refractivity contribution in [3.63, 3.8) is 0 Å². The van der Waals surface area contributed by atoms with Gasteiger partial charge >= 0.3 is 0 Å². The molecule has 1 aliphatic carbocycles. The molecule has 0 atom stereocenters. The molecule has 3 heteroatoms. The van der Waals surface area contributed by atoms with E-state index in [9.17, 15) is 0 Å². The average Bonchev–Trinajstić information content (AvgIpc) is 1.98. The largest absolute Gasteiger partial charge is 0.375 e. The van der Waals surface area contributed by atoms with Crippen LogP contribution in [0.4, 0.5) is 0 Å². The molecule has 0 unspecified atom stereocenters. The van der Waals surface area contributed by atoms with E-state index in [4.69, 9.17) is 4.74 Å². The minimum absolute atomic E-state index is 0.000312. The molecule has 90 valence electrons. The summed E-state index contributed by atoms with van der Waals surface area (Å²) in [6.07, 6.45) is 4.16. The predicted octanol–water partition coefficient (Wildman–Crippen LogP) is 3.05. The first kappa shape index (κ1) is 13.5. The lowest BCUT2D eigenvalue weighted by Crippen LogP contribution is -2.43. The molecule has 1 saturated carbocycles. The van der Waals surface area contributed by atoms with Gasteiger partial charge in [0.1, 0.15) is 0 Å². The number of hydrogen-bond donors (Lipinski definition) is 0. The number of hydrogen-bond acceptors (Lipinski definition) is 2. The monoisotopic (exact) mass is 277 g/mol. The van der Waals surface area contributed by atoms with Crippen molar-refractivity contribution in [2.45, 2.75) is 51.7 Å². The molecule has 0 aromatic heterocycles. The van der Waals surface area contributed by atoms with Crippen molar-refractivity contribution >= 4 is 15.9 Å². The van der Waals surface area contributed by atoms with Gasteiger partial charge in [0, 0.05) is 24.5 Å². The summed E-state index contributed by atoms with van der Waals surface area (Å²) in [5.74, 6) is 0. The van der Waals surface area contributed by atoms with Crippen LogP contribution in [0.1, 0.15) is 40.0 Å². The Morgan fingerprint density at radius 3 is 2.33 bits per heavy atom. The zero-order valence-electron chi connectivity index (χ0n) is 10.3. The third-order valence-electron chi connectivity index (χ3n) is 2.88. The van der Waals surface area contributed by atoms with Crippen LogP contribution in [-0.2, 0) is 4.74 Å². The number of halogens is 1. The topological polar surface area (TPSA) is 12.5 Å². The Labute approximate surface area is 102 Å². The summed E-state index contributed by atoms with van der Waals surface area (Å²) < 4.78 is 5.77. The first-order valence-corrected chi connectivity index (χ1v) is 7.09. The van der Waals surface area contributed by atoms with Gasteiger partial charge in [0.05, 0.1) is 12.2 Å². The lowest BCUT2D eigenvalue weighted by atomic mass is 9.91. The first-order valence-electron chi connectivity index (χ1n) is 5.97. The van der Waals surface area contributed by atoms with Crippen LogP contribution in [0.3, 0.4) is 0 Å². The Hall–Kier alpha value is 0.400. The summed E-state index contributed by atoms with van der Waals surface area (Å²) in [6.45, 7) is 9.43. The predicted molar refractivity (Wildman–Crippen MR) is 68.7 cm³/mol. The molecule has 0 N–H and O–H groups in total. The van der Waals surface area contributed by atoms with Crippen LogP contribution in [0.5, 0.6) is 0 Å². The molecular formula is C12H24BrNO. The molecule has 0 spiro atoms. The van der Waals surface area contributed by atoms with Crippen molar-refractivity contribution in [3.05, 3.63) is 0 Å². The summed E-state index contributed by atoms with van der Waals surface area (Å²) in [7, 11) is 0. The number of ether oxygens (including phenoxy) is 1. The Morgan fingerprint density at radius 1 is 1.27 bits per heavy atom. The van der Waals surface area contributed by atoms with Gasteiger partial charge < -0.3 is 4.74 Å². The standard InChI is InChI=1S/C12H24BrNO/c1-12(2,3)15-10-9-14(8-7-13)11-5-4-6-11/h11H,4-10H2,1-3H3. The highest BCUT2D eigenvalue weighted by Gasteiger charge is 2.24. The van der Waals surface area contributed by atoms with E-state index in [2.05, 4.69) is 41.6 Å². The van der Waals surface area contributed by atoms with Crippen molar-refractivity contribution in [1.29, 1.82) is 0 Å². The Kier molecular flexibility index (Phi) is 5.58. The smallest absolute Gasteiger partial charge is 0.0600 e. The molecule has 0 aliphatic heterocycles. The van der Waals surface area contributed by atoms with Gasteiger partial charge in [-0.15, -0.1) is 0 Å². The maximum absolute atomic E-state index is 5.77. The number of nitrogens with zero attached hydrogens (tertiary/aromatic N) is 1. The van der Waals surface area contributed by atoms with Crippen molar-refractivity contribution in [2.75, 3.05) is 25.0 Å². The van der Waals surface area contributed by atoms with E-state index in [1.54, 1.807) is 0 Å². The van der Waals surface area contributed by atoms with Gasteiger partial charge in [-0.1, -0.05) is 22.4 Å². The third kappa shape index (κ3) is 5.32. The summed E-state index contributed by atoms with van der Waals surface area (Å²) >= 11 is 3.52. The zero-order chi connectivity index (χ0) is 11.3. The third-order valence-corrected chi connectivity index (χ3v) is 3.23. The van der Waals surface area contributed by atoms with Gasteiger partial charge in [-0.05, 0) is 33.6 Å². The summed E-state index contributed by atoms with van der Waals surface area (Å²) in [4.78, 5) is 2.56. The fraction of sp³-hybridized carbons (Fsp3) is 1.00. The van der Waals surface area contributed by atoms with E-state index in [-0.39, 0.29) is 5.60 Å². The van der Waals surface area contributed by atoms with Gasteiger partial charge in [-0.25, -0.2) is 0 Å². The second-order valence-corrected chi connectivity index (χ2v) is 6.06. The molecule has 1 aliphatic rings. The molecule has 0 amide bonds. The van der Waals surface area contributed by atoms with Crippen LogP contribution in [0.15, 0.2) is 0 Å². The zero-order valence-corrected chi connectivity index (χ0v) is 11.8. The molecule has 1 rings (SSSR count). The fourth-order valence-electron chi connectivity index (χ4n) is 1.81. The molecule has 0 aromatic carbocycles. The van der Waals surface area contributed by atoms with Gasteiger partial charge in [0.2, 0.25) is 0 Å². The Morgan fingerprint density at radius 2 is 1.93 bits per heavy atom. The maximum Gasteiger partial charge on any atom is 0.0600 e. The second kappa shape index (κ2) is 6.21. The van der Waals surface area contributed by atoms with Crippen LogP contribution in [0.25, 0.3) is 0 Å². The maximum atomic E-state index is 5.77. The van der Waals surface area contributed by atoms with Crippen LogP contribution < -0.4 is 0 Å². The van der Waals surface area contributed by atoms with E-state index < -0.39 is 0 Å². The van der Waals surface area contributed by atoms with Gasteiger partial charge in [0.25, 0.3) is 0 Å². The van der Waals surface area contributed by atoms with E-state index in [0.29, 0.717) is 0 Å². The summed E-state index contributed by atoms with van der Waals surface area (Å²) in [6, 6.07) is 0.825. The lowest BCUT2D eigenvalue weighted by molar-refractivity contribution is -0.0214. The first-order chi connectivity index (χ1) is 7.03. The van der Waals surface area contributed by atoms with Crippen molar-refractivity contribution in [3.8, 4) is 0 Å². The fourth-order valence-corrected chi connectivity index (χ4v) is 2.26. The van der Waals surface area contributed by atoms with E-state index >= 15 is 0 Å². The number of alkyl halides is 1. The molecule has 0 radical (unpaired) electrons. The Bertz CT molecular complexity index is 175. The highest BCUT2D eigenvalue weighted by Crippen LogP contribution is 2.24. The van der Waals surface area contributed by atoms with Crippen molar-refractivity contribution < 1.29 is 4.74 Å². The molecule has 0 heterocycles. The SMILES string of the molecule is CC(C)(C)OCCN(CCBr)C1CCC1. The molecule has 0 aromatic rings. The summed E-state index contributed by atoms with van der Waals surface area (Å²) in [5.41, 5.74) is -0.000312. The quantitative estimate of drug-likeness (QED) is 0.692.